The first-order chi connectivity index (χ1) is 16.1. The van der Waals surface area contributed by atoms with E-state index in [0.29, 0.717) is 24.4 Å². The van der Waals surface area contributed by atoms with E-state index in [1.54, 1.807) is 11.8 Å². The van der Waals surface area contributed by atoms with Gasteiger partial charge in [-0.25, -0.2) is 19.8 Å². The van der Waals surface area contributed by atoms with E-state index in [1.807, 2.05) is 31.2 Å². The molecule has 12 heteroatoms. The summed E-state index contributed by atoms with van der Waals surface area (Å²) in [6.07, 6.45) is -2.59. The molecule has 0 aliphatic carbocycles. The molecule has 0 saturated carbocycles. The van der Waals surface area contributed by atoms with E-state index in [1.165, 1.54) is 5.01 Å². The Labute approximate surface area is 193 Å². The van der Waals surface area contributed by atoms with Crippen LogP contribution in [0.15, 0.2) is 41.8 Å². The van der Waals surface area contributed by atoms with Gasteiger partial charge in [0.25, 0.3) is 0 Å². The summed E-state index contributed by atoms with van der Waals surface area (Å²) < 4.78 is 43.3. The van der Waals surface area contributed by atoms with Crippen molar-refractivity contribution in [2.24, 2.45) is 5.10 Å². The standard InChI is InChI=1S/C22H23F3N6O3/c1-13-3-5-15(6-4-13)19-17(30-7-8-34-12-18(30)32)11-31(29-19)21(33)28-14(2)16-9-26-20(27-10-16)22(23,24)25/h3-6,9-10,14,17H,7-8,11-12H2,1-2H3,(H,28,33)/t14?,17-/m1/s1. The zero-order valence-electron chi connectivity index (χ0n) is 18.5. The number of urea groups is 1. The summed E-state index contributed by atoms with van der Waals surface area (Å²) in [5.41, 5.74) is 2.73. The number of alkyl halides is 3. The molecule has 180 valence electrons. The Balaban J connectivity index is 1.52. The molecule has 1 fully saturated rings. The van der Waals surface area contributed by atoms with Crippen LogP contribution in [-0.2, 0) is 15.7 Å². The number of rotatable bonds is 4. The molecule has 2 atom stereocenters. The quantitative estimate of drug-likeness (QED) is 0.731. The van der Waals surface area contributed by atoms with E-state index in [4.69, 9.17) is 4.74 Å². The van der Waals surface area contributed by atoms with Crippen molar-refractivity contribution in [3.05, 3.63) is 59.2 Å². The average Bonchev–Trinajstić information content (AvgIpc) is 3.25. The van der Waals surface area contributed by atoms with Gasteiger partial charge in [0.2, 0.25) is 11.7 Å². The summed E-state index contributed by atoms with van der Waals surface area (Å²) in [7, 11) is 0. The lowest BCUT2D eigenvalue weighted by molar-refractivity contribution is -0.145. The Kier molecular flexibility index (Phi) is 6.51. The van der Waals surface area contributed by atoms with Crippen molar-refractivity contribution in [2.45, 2.75) is 32.1 Å². The summed E-state index contributed by atoms with van der Waals surface area (Å²) in [5.74, 6) is -1.44. The Morgan fingerprint density at radius 2 is 1.88 bits per heavy atom. The summed E-state index contributed by atoms with van der Waals surface area (Å²) in [6, 6.07) is 5.94. The second-order valence-electron chi connectivity index (χ2n) is 8.10. The number of amides is 3. The molecule has 1 aromatic heterocycles. The third-order valence-corrected chi connectivity index (χ3v) is 5.64. The summed E-state index contributed by atoms with van der Waals surface area (Å²) >= 11 is 0. The largest absolute Gasteiger partial charge is 0.451 e. The van der Waals surface area contributed by atoms with E-state index < -0.39 is 30.1 Å². The number of aryl methyl sites for hydroxylation is 1. The maximum Gasteiger partial charge on any atom is 0.451 e. The van der Waals surface area contributed by atoms with Crippen LogP contribution in [-0.4, -0.2) is 69.9 Å². The molecule has 0 radical (unpaired) electrons. The molecule has 3 amide bonds. The summed E-state index contributed by atoms with van der Waals surface area (Å²) in [4.78, 5) is 33.8. The van der Waals surface area contributed by atoms with Gasteiger partial charge >= 0.3 is 12.2 Å². The van der Waals surface area contributed by atoms with Gasteiger partial charge in [-0.15, -0.1) is 0 Å². The molecule has 0 spiro atoms. The fourth-order valence-electron chi connectivity index (χ4n) is 3.75. The maximum atomic E-state index is 13.0. The van der Waals surface area contributed by atoms with Gasteiger partial charge in [-0.2, -0.15) is 18.3 Å². The SMILES string of the molecule is Cc1ccc(C2=NN(C(=O)NC(C)c3cnc(C(F)(F)F)nc3)C[C@H]2N2CCOCC2=O)cc1. The molecule has 4 rings (SSSR count). The zero-order valence-corrected chi connectivity index (χ0v) is 18.5. The van der Waals surface area contributed by atoms with E-state index in [2.05, 4.69) is 20.4 Å². The minimum atomic E-state index is -4.65. The Bertz CT molecular complexity index is 1090. The summed E-state index contributed by atoms with van der Waals surface area (Å²) in [5, 5.41) is 8.42. The van der Waals surface area contributed by atoms with Crippen LogP contribution in [0.5, 0.6) is 0 Å². The van der Waals surface area contributed by atoms with Gasteiger partial charge in [-0.3, -0.25) is 4.79 Å². The fraction of sp³-hybridized carbons (Fsp3) is 0.409. The molecule has 1 N–H and O–H groups in total. The van der Waals surface area contributed by atoms with E-state index in [-0.39, 0.29) is 19.1 Å². The number of hydrogen-bond acceptors (Lipinski definition) is 6. The molecule has 9 nitrogen and oxygen atoms in total. The van der Waals surface area contributed by atoms with Crippen LogP contribution in [0.25, 0.3) is 0 Å². The fourth-order valence-corrected chi connectivity index (χ4v) is 3.75. The number of morpholine rings is 1. The normalized spacial score (nSPS) is 19.7. The van der Waals surface area contributed by atoms with Crippen molar-refractivity contribution in [1.82, 2.24) is 25.2 Å². The first-order valence-corrected chi connectivity index (χ1v) is 10.6. The Morgan fingerprint density at radius 1 is 1.21 bits per heavy atom. The lowest BCUT2D eigenvalue weighted by atomic mass is 10.0. The van der Waals surface area contributed by atoms with E-state index >= 15 is 0 Å². The minimum Gasteiger partial charge on any atom is -0.370 e. The van der Waals surface area contributed by atoms with Crippen molar-refractivity contribution >= 4 is 17.6 Å². The molecule has 1 aromatic carbocycles. The zero-order chi connectivity index (χ0) is 24.5. The smallest absolute Gasteiger partial charge is 0.370 e. The predicted molar refractivity (Wildman–Crippen MR) is 115 cm³/mol. The molecule has 0 bridgehead atoms. The molecule has 2 aliphatic rings. The number of halogens is 3. The number of aromatic nitrogens is 2. The van der Waals surface area contributed by atoms with Crippen molar-refractivity contribution < 1.29 is 27.5 Å². The lowest BCUT2D eigenvalue weighted by Crippen LogP contribution is -2.52. The summed E-state index contributed by atoms with van der Waals surface area (Å²) in [6.45, 7) is 4.43. The third kappa shape index (κ3) is 5.01. The molecule has 1 saturated heterocycles. The number of carbonyl (C=O) groups excluding carboxylic acids is 2. The molecular weight excluding hydrogens is 453 g/mol. The third-order valence-electron chi connectivity index (χ3n) is 5.64. The Hall–Kier alpha value is -3.54. The van der Waals surface area contributed by atoms with Gasteiger partial charge in [-0.1, -0.05) is 29.8 Å². The molecule has 2 aromatic rings. The predicted octanol–water partition coefficient (Wildman–Crippen LogP) is 2.52. The molecular formula is C22H23F3N6O3. The van der Waals surface area contributed by atoms with Crippen LogP contribution < -0.4 is 5.32 Å². The molecule has 2 aliphatic heterocycles. The number of benzene rings is 1. The van der Waals surface area contributed by atoms with Crippen molar-refractivity contribution in [3.8, 4) is 0 Å². The van der Waals surface area contributed by atoms with Gasteiger partial charge in [0.05, 0.1) is 30.9 Å². The highest BCUT2D eigenvalue weighted by Gasteiger charge is 2.39. The minimum absolute atomic E-state index is 0.0329. The topological polar surface area (TPSA) is 100 Å². The van der Waals surface area contributed by atoms with E-state index in [0.717, 1.165) is 23.5 Å². The molecule has 3 heterocycles. The number of nitrogens with one attached hydrogen (secondary N) is 1. The molecule has 1 unspecified atom stereocenters. The maximum absolute atomic E-state index is 13.0. The average molecular weight is 476 g/mol. The van der Waals surface area contributed by atoms with Crippen LogP contribution in [0.1, 0.15) is 35.5 Å². The first kappa shape index (κ1) is 23.6. The first-order valence-electron chi connectivity index (χ1n) is 10.6. The van der Waals surface area contributed by atoms with Gasteiger partial charge in [0.15, 0.2) is 0 Å². The van der Waals surface area contributed by atoms with Gasteiger partial charge in [0.1, 0.15) is 6.61 Å². The van der Waals surface area contributed by atoms with Gasteiger partial charge < -0.3 is 15.0 Å². The van der Waals surface area contributed by atoms with Crippen molar-refractivity contribution in [3.63, 3.8) is 0 Å². The Morgan fingerprint density at radius 3 is 2.50 bits per heavy atom. The van der Waals surface area contributed by atoms with Crippen LogP contribution in [0.4, 0.5) is 18.0 Å². The second kappa shape index (κ2) is 9.37. The van der Waals surface area contributed by atoms with Crippen molar-refractivity contribution in [2.75, 3.05) is 26.3 Å². The van der Waals surface area contributed by atoms with Gasteiger partial charge in [0, 0.05) is 24.5 Å². The number of carbonyl (C=O) groups is 2. The monoisotopic (exact) mass is 476 g/mol. The molecule has 34 heavy (non-hydrogen) atoms. The number of hydrazone groups is 1. The van der Waals surface area contributed by atoms with Crippen LogP contribution >= 0.6 is 0 Å². The van der Waals surface area contributed by atoms with Gasteiger partial charge in [-0.05, 0) is 19.4 Å². The highest BCUT2D eigenvalue weighted by molar-refractivity contribution is 6.08. The van der Waals surface area contributed by atoms with Crippen LogP contribution in [0.2, 0.25) is 0 Å². The number of hydrogen-bond donors (Lipinski definition) is 1. The number of ether oxygens (including phenoxy) is 1. The van der Waals surface area contributed by atoms with Crippen molar-refractivity contribution in [1.29, 1.82) is 0 Å². The van der Waals surface area contributed by atoms with E-state index in [9.17, 15) is 22.8 Å². The number of nitrogens with zero attached hydrogens (tertiary/aromatic N) is 5. The van der Waals surface area contributed by atoms with Crippen LogP contribution in [0.3, 0.4) is 0 Å². The van der Waals surface area contributed by atoms with Crippen LogP contribution in [0, 0.1) is 6.92 Å². The second-order valence-corrected chi connectivity index (χ2v) is 8.10. The lowest BCUT2D eigenvalue weighted by Gasteiger charge is -2.33. The highest BCUT2D eigenvalue weighted by atomic mass is 19.4. The highest BCUT2D eigenvalue weighted by Crippen LogP contribution is 2.26.